The Hall–Kier alpha value is -0.400. The molecule has 0 heterocycles. The monoisotopic (exact) mass is 282 g/mol. The molecule has 0 aromatic heterocycles. The van der Waals surface area contributed by atoms with Crippen LogP contribution < -0.4 is 0 Å². The van der Waals surface area contributed by atoms with Gasteiger partial charge in [0.25, 0.3) is 0 Å². The Morgan fingerprint density at radius 3 is 2.18 bits per heavy atom. The Kier molecular flexibility index (Phi) is 6.96. The first kappa shape index (κ1) is 16.6. The molecule has 0 aliphatic heterocycles. The van der Waals surface area contributed by atoms with Gasteiger partial charge in [-0.25, -0.2) is 13.2 Å². The van der Waals surface area contributed by atoms with Crippen molar-refractivity contribution in [3.05, 3.63) is 0 Å². The van der Waals surface area contributed by atoms with Crippen LogP contribution >= 0.6 is 11.8 Å². The fraction of sp³-hybridized carbons (Fsp3) is 0.889. The smallest absolute Gasteiger partial charge is 0.287 e. The van der Waals surface area contributed by atoms with E-state index in [1.54, 1.807) is 6.92 Å². The molecule has 0 bridgehead atoms. The highest BCUT2D eigenvalue weighted by atomic mass is 32.2. The summed E-state index contributed by atoms with van der Waals surface area (Å²) in [7, 11) is 0. The third-order valence-corrected chi connectivity index (χ3v) is 2.93. The highest BCUT2D eigenvalue weighted by Gasteiger charge is 2.48. The third kappa shape index (κ3) is 6.18. The molecular weight excluding hydrogens is 270 g/mol. The Labute approximate surface area is 98.9 Å². The molecule has 1 nitrogen and oxygen atoms in total. The van der Waals surface area contributed by atoms with E-state index in [1.165, 1.54) is 0 Å². The standard InChI is InChI=1S/C9H12F6OS/c1-2-6(16)17-4-3-5(10)7(11)8(12)9(13,14)15/h5,7-8H,2-4H2,1H3. The van der Waals surface area contributed by atoms with Crippen LogP contribution in [-0.2, 0) is 4.79 Å². The third-order valence-electron chi connectivity index (χ3n) is 1.88. The van der Waals surface area contributed by atoms with Gasteiger partial charge < -0.3 is 0 Å². The summed E-state index contributed by atoms with van der Waals surface area (Å²) in [6.45, 7) is 1.56. The van der Waals surface area contributed by atoms with E-state index in [9.17, 15) is 31.1 Å². The van der Waals surface area contributed by atoms with Gasteiger partial charge in [0.2, 0.25) is 6.17 Å². The number of halogens is 6. The highest BCUT2D eigenvalue weighted by Crippen LogP contribution is 2.30. The van der Waals surface area contributed by atoms with Crippen molar-refractivity contribution in [1.29, 1.82) is 0 Å². The molecule has 0 amide bonds. The average Bonchev–Trinajstić information content (AvgIpc) is 2.25. The molecule has 0 aromatic carbocycles. The zero-order valence-corrected chi connectivity index (χ0v) is 9.75. The largest absolute Gasteiger partial charge is 0.422 e. The van der Waals surface area contributed by atoms with Gasteiger partial charge in [0.15, 0.2) is 11.3 Å². The predicted molar refractivity (Wildman–Crippen MR) is 53.1 cm³/mol. The normalized spacial score (nSPS) is 17.6. The molecule has 0 fully saturated rings. The Bertz CT molecular complexity index is 244. The summed E-state index contributed by atoms with van der Waals surface area (Å²) in [4.78, 5) is 10.7. The van der Waals surface area contributed by atoms with Crippen LogP contribution in [0.25, 0.3) is 0 Å². The summed E-state index contributed by atoms with van der Waals surface area (Å²) in [6.07, 6.45) is -15.5. The summed E-state index contributed by atoms with van der Waals surface area (Å²) in [5.41, 5.74) is 0. The van der Waals surface area contributed by atoms with Gasteiger partial charge in [0, 0.05) is 12.2 Å². The van der Waals surface area contributed by atoms with Gasteiger partial charge >= 0.3 is 6.18 Å². The Balaban J connectivity index is 4.06. The van der Waals surface area contributed by atoms with Gasteiger partial charge in [0.1, 0.15) is 6.17 Å². The van der Waals surface area contributed by atoms with Crippen molar-refractivity contribution in [2.45, 2.75) is 44.5 Å². The maximum atomic E-state index is 12.9. The Morgan fingerprint density at radius 1 is 1.24 bits per heavy atom. The van der Waals surface area contributed by atoms with E-state index in [-0.39, 0.29) is 17.3 Å². The number of thioether (sulfide) groups is 1. The summed E-state index contributed by atoms with van der Waals surface area (Å²) in [6, 6.07) is 0. The first-order chi connectivity index (χ1) is 7.70. The molecule has 0 saturated heterocycles. The van der Waals surface area contributed by atoms with E-state index in [0.29, 0.717) is 11.8 Å². The lowest BCUT2D eigenvalue weighted by Gasteiger charge is -2.19. The van der Waals surface area contributed by atoms with Crippen LogP contribution in [0.3, 0.4) is 0 Å². The van der Waals surface area contributed by atoms with Crippen LogP contribution in [0, 0.1) is 0 Å². The van der Waals surface area contributed by atoms with Gasteiger partial charge in [-0.2, -0.15) is 13.2 Å². The molecule has 0 aromatic rings. The van der Waals surface area contributed by atoms with Gasteiger partial charge in [-0.05, 0) is 6.42 Å². The molecule has 0 spiro atoms. The lowest BCUT2D eigenvalue weighted by molar-refractivity contribution is -0.202. The van der Waals surface area contributed by atoms with E-state index < -0.39 is 31.1 Å². The van der Waals surface area contributed by atoms with Crippen LogP contribution in [0.15, 0.2) is 0 Å². The maximum absolute atomic E-state index is 12.9. The number of carbonyl (C=O) groups is 1. The van der Waals surface area contributed by atoms with Gasteiger partial charge in [-0.15, -0.1) is 0 Å². The molecule has 0 aliphatic rings. The maximum Gasteiger partial charge on any atom is 0.422 e. The van der Waals surface area contributed by atoms with Crippen molar-refractivity contribution in [3.8, 4) is 0 Å². The van der Waals surface area contributed by atoms with Crippen LogP contribution in [0.1, 0.15) is 19.8 Å². The second-order valence-electron chi connectivity index (χ2n) is 3.27. The minimum atomic E-state index is -5.41. The van der Waals surface area contributed by atoms with Crippen molar-refractivity contribution in [2.75, 3.05) is 5.75 Å². The minimum absolute atomic E-state index is 0.168. The van der Waals surface area contributed by atoms with Gasteiger partial charge in [0.05, 0.1) is 0 Å². The number of rotatable bonds is 6. The minimum Gasteiger partial charge on any atom is -0.287 e. The van der Waals surface area contributed by atoms with Gasteiger partial charge in [-0.1, -0.05) is 18.7 Å². The quantitative estimate of drug-likeness (QED) is 0.692. The fourth-order valence-corrected chi connectivity index (χ4v) is 1.69. The lowest BCUT2D eigenvalue weighted by Crippen LogP contribution is -2.39. The molecule has 8 heteroatoms. The summed E-state index contributed by atoms with van der Waals surface area (Å²) >= 11 is 0.692. The van der Waals surface area contributed by atoms with Crippen molar-refractivity contribution in [2.24, 2.45) is 0 Å². The summed E-state index contributed by atoms with van der Waals surface area (Å²) < 4.78 is 73.2. The Morgan fingerprint density at radius 2 is 1.76 bits per heavy atom. The van der Waals surface area contributed by atoms with E-state index in [2.05, 4.69) is 0 Å². The van der Waals surface area contributed by atoms with Crippen LogP contribution in [-0.4, -0.2) is 35.6 Å². The second-order valence-corrected chi connectivity index (χ2v) is 4.42. The lowest BCUT2D eigenvalue weighted by atomic mass is 10.1. The van der Waals surface area contributed by atoms with Crippen molar-refractivity contribution in [3.63, 3.8) is 0 Å². The van der Waals surface area contributed by atoms with E-state index >= 15 is 0 Å². The zero-order chi connectivity index (χ0) is 13.6. The fourth-order valence-electron chi connectivity index (χ4n) is 0.911. The van der Waals surface area contributed by atoms with Crippen molar-refractivity contribution < 1.29 is 31.1 Å². The molecule has 0 aliphatic carbocycles. The molecule has 102 valence electrons. The molecule has 0 saturated carbocycles. The molecule has 0 rings (SSSR count). The van der Waals surface area contributed by atoms with E-state index in [4.69, 9.17) is 0 Å². The molecule has 17 heavy (non-hydrogen) atoms. The molecule has 0 N–H and O–H groups in total. The van der Waals surface area contributed by atoms with Crippen molar-refractivity contribution in [1.82, 2.24) is 0 Å². The topological polar surface area (TPSA) is 17.1 Å². The summed E-state index contributed by atoms with van der Waals surface area (Å²) in [5.74, 6) is -0.168. The highest BCUT2D eigenvalue weighted by molar-refractivity contribution is 8.13. The molecular formula is C9H12F6OS. The predicted octanol–water partition coefficient (Wildman–Crippen LogP) is 3.62. The van der Waals surface area contributed by atoms with Crippen LogP contribution in [0.2, 0.25) is 0 Å². The summed E-state index contributed by atoms with van der Waals surface area (Å²) in [5, 5.41) is -0.278. The van der Waals surface area contributed by atoms with Crippen molar-refractivity contribution >= 4 is 16.9 Å². The molecule has 0 radical (unpaired) electrons. The number of carbonyl (C=O) groups excluding carboxylic acids is 1. The SMILES string of the molecule is CCC(=O)SCCC(F)C(F)C(F)C(F)(F)F. The zero-order valence-electron chi connectivity index (χ0n) is 8.94. The first-order valence-electron chi connectivity index (χ1n) is 4.84. The number of hydrogen-bond acceptors (Lipinski definition) is 2. The van der Waals surface area contributed by atoms with E-state index in [1.807, 2.05) is 0 Å². The van der Waals surface area contributed by atoms with Crippen LogP contribution in [0.5, 0.6) is 0 Å². The first-order valence-corrected chi connectivity index (χ1v) is 5.83. The molecule has 3 unspecified atom stereocenters. The van der Waals surface area contributed by atoms with Gasteiger partial charge in [-0.3, -0.25) is 4.79 Å². The van der Waals surface area contributed by atoms with Crippen LogP contribution in [0.4, 0.5) is 26.3 Å². The second kappa shape index (κ2) is 7.13. The number of hydrogen-bond donors (Lipinski definition) is 0. The average molecular weight is 282 g/mol. The number of alkyl halides is 6. The molecule has 3 atom stereocenters. The van der Waals surface area contributed by atoms with E-state index in [0.717, 1.165) is 0 Å².